The van der Waals surface area contributed by atoms with Gasteiger partial charge in [-0.3, -0.25) is 0 Å². The standard InChI is InChI=1S/C23H16ClF6N5/c1-10-2-4-13(18(27)17(10)26)20-19-12(14-8-11(24)3-5-15(14)31-19)6-7-35(20)22-33-16(9-25)32-21(34-22)23(28,29)30/h2-5,8,20,31H,6-7,9H2,1H3/t20-/m0/s1. The van der Waals surface area contributed by atoms with Crippen molar-refractivity contribution in [3.8, 4) is 0 Å². The molecule has 5 nitrogen and oxygen atoms in total. The highest BCUT2D eigenvalue weighted by Crippen LogP contribution is 2.42. The van der Waals surface area contributed by atoms with E-state index in [1.54, 1.807) is 18.2 Å². The van der Waals surface area contributed by atoms with Crippen LogP contribution in [0.3, 0.4) is 0 Å². The molecule has 3 heterocycles. The summed E-state index contributed by atoms with van der Waals surface area (Å²) in [6.07, 6.45) is -4.66. The number of aromatic amines is 1. The number of benzene rings is 2. The summed E-state index contributed by atoms with van der Waals surface area (Å²) in [7, 11) is 0. The van der Waals surface area contributed by atoms with Gasteiger partial charge in [0.2, 0.25) is 11.8 Å². The van der Waals surface area contributed by atoms with Crippen molar-refractivity contribution in [3.63, 3.8) is 0 Å². The average molecular weight is 512 g/mol. The Morgan fingerprint density at radius 1 is 1.09 bits per heavy atom. The van der Waals surface area contributed by atoms with Crippen LogP contribution in [0.5, 0.6) is 0 Å². The molecule has 0 saturated carbocycles. The molecule has 12 heteroatoms. The van der Waals surface area contributed by atoms with Crippen LogP contribution >= 0.6 is 11.6 Å². The Morgan fingerprint density at radius 2 is 1.86 bits per heavy atom. The molecule has 0 spiro atoms. The van der Waals surface area contributed by atoms with Crippen molar-refractivity contribution in [1.29, 1.82) is 0 Å². The maximum absolute atomic E-state index is 15.2. The minimum absolute atomic E-state index is 0.0408. The second kappa shape index (κ2) is 8.40. The molecular formula is C23H16ClF6N5. The summed E-state index contributed by atoms with van der Waals surface area (Å²) in [5.41, 5.74) is 1.76. The fourth-order valence-electron chi connectivity index (χ4n) is 4.39. The van der Waals surface area contributed by atoms with Crippen LogP contribution in [0, 0.1) is 18.6 Å². The third-order valence-corrected chi connectivity index (χ3v) is 6.22. The van der Waals surface area contributed by atoms with E-state index < -0.39 is 48.1 Å². The number of aryl methyl sites for hydroxylation is 1. The zero-order valence-corrected chi connectivity index (χ0v) is 18.8. The predicted molar refractivity (Wildman–Crippen MR) is 117 cm³/mol. The molecule has 1 N–H and O–H groups in total. The summed E-state index contributed by atoms with van der Waals surface area (Å²) in [5, 5.41) is 1.21. The van der Waals surface area contributed by atoms with Gasteiger partial charge in [0.1, 0.15) is 12.7 Å². The highest BCUT2D eigenvalue weighted by atomic mass is 35.5. The number of nitrogens with one attached hydrogen (secondary N) is 1. The summed E-state index contributed by atoms with van der Waals surface area (Å²) < 4.78 is 83.5. The Bertz CT molecular complexity index is 1450. The van der Waals surface area contributed by atoms with Gasteiger partial charge in [-0.1, -0.05) is 23.7 Å². The molecule has 2 aromatic carbocycles. The van der Waals surface area contributed by atoms with Crippen molar-refractivity contribution < 1.29 is 26.3 Å². The molecule has 35 heavy (non-hydrogen) atoms. The molecule has 5 rings (SSSR count). The minimum atomic E-state index is -4.96. The first-order valence-electron chi connectivity index (χ1n) is 10.5. The van der Waals surface area contributed by atoms with Gasteiger partial charge in [0.15, 0.2) is 17.5 Å². The lowest BCUT2D eigenvalue weighted by atomic mass is 9.91. The van der Waals surface area contributed by atoms with Crippen LogP contribution in [0.2, 0.25) is 5.02 Å². The Hall–Kier alpha value is -3.34. The van der Waals surface area contributed by atoms with Crippen LogP contribution in [0.1, 0.15) is 40.1 Å². The van der Waals surface area contributed by atoms with E-state index in [1.807, 2.05) is 0 Å². The Kier molecular flexibility index (Phi) is 5.62. The molecular weight excluding hydrogens is 496 g/mol. The lowest BCUT2D eigenvalue weighted by molar-refractivity contribution is -0.145. The lowest BCUT2D eigenvalue weighted by Gasteiger charge is -2.36. The average Bonchev–Trinajstić information content (AvgIpc) is 3.19. The number of H-pyrrole nitrogens is 1. The SMILES string of the molecule is Cc1ccc([C@H]2c3[nH]c4ccc(Cl)cc4c3CCN2c2nc(CF)nc(C(F)(F)F)n2)c(F)c1F. The first-order chi connectivity index (χ1) is 16.6. The second-order valence-electron chi connectivity index (χ2n) is 8.16. The van der Waals surface area contributed by atoms with Crippen LogP contribution in [-0.4, -0.2) is 26.5 Å². The van der Waals surface area contributed by atoms with Crippen molar-refractivity contribution in [2.24, 2.45) is 0 Å². The number of anilines is 1. The molecule has 1 aliphatic rings. The van der Waals surface area contributed by atoms with E-state index in [2.05, 4.69) is 19.9 Å². The van der Waals surface area contributed by atoms with Gasteiger partial charge in [-0.05, 0) is 42.7 Å². The molecule has 0 bridgehead atoms. The monoisotopic (exact) mass is 511 g/mol. The maximum Gasteiger partial charge on any atom is 0.451 e. The van der Waals surface area contributed by atoms with Crippen LogP contribution in [0.25, 0.3) is 10.9 Å². The quantitative estimate of drug-likeness (QED) is 0.331. The predicted octanol–water partition coefficient (Wildman–Crippen LogP) is 6.23. The zero-order valence-electron chi connectivity index (χ0n) is 18.0. The molecule has 182 valence electrons. The van der Waals surface area contributed by atoms with Crippen molar-refractivity contribution in [1.82, 2.24) is 19.9 Å². The van der Waals surface area contributed by atoms with E-state index in [-0.39, 0.29) is 17.7 Å². The number of rotatable bonds is 3. The topological polar surface area (TPSA) is 57.7 Å². The molecule has 1 atom stereocenters. The molecule has 0 amide bonds. The van der Waals surface area contributed by atoms with E-state index in [0.29, 0.717) is 22.7 Å². The molecule has 0 radical (unpaired) electrons. The Balaban J connectivity index is 1.76. The first-order valence-corrected chi connectivity index (χ1v) is 10.9. The minimum Gasteiger partial charge on any atom is -0.356 e. The third-order valence-electron chi connectivity index (χ3n) is 5.99. The zero-order chi connectivity index (χ0) is 25.1. The largest absolute Gasteiger partial charge is 0.451 e. The fourth-order valence-corrected chi connectivity index (χ4v) is 4.57. The Labute approximate surface area is 199 Å². The molecule has 1 aliphatic heterocycles. The van der Waals surface area contributed by atoms with Gasteiger partial charge in [-0.2, -0.15) is 23.1 Å². The summed E-state index contributed by atoms with van der Waals surface area (Å²) in [4.78, 5) is 15.0. The van der Waals surface area contributed by atoms with Gasteiger partial charge >= 0.3 is 6.18 Å². The van der Waals surface area contributed by atoms with E-state index in [0.717, 1.165) is 10.9 Å². The molecule has 2 aromatic heterocycles. The van der Waals surface area contributed by atoms with Gasteiger partial charge in [0, 0.05) is 33.7 Å². The second-order valence-corrected chi connectivity index (χ2v) is 8.60. The van der Waals surface area contributed by atoms with Crippen molar-refractivity contribution in [2.75, 3.05) is 11.4 Å². The highest BCUT2D eigenvalue weighted by Gasteiger charge is 2.39. The number of fused-ring (bicyclic) bond motifs is 3. The maximum atomic E-state index is 15.2. The van der Waals surface area contributed by atoms with E-state index in [9.17, 15) is 22.0 Å². The van der Waals surface area contributed by atoms with Crippen LogP contribution in [-0.2, 0) is 19.3 Å². The van der Waals surface area contributed by atoms with E-state index in [1.165, 1.54) is 24.0 Å². The normalized spacial score (nSPS) is 16.1. The lowest BCUT2D eigenvalue weighted by Crippen LogP contribution is -2.38. The van der Waals surface area contributed by atoms with Crippen LogP contribution < -0.4 is 4.90 Å². The van der Waals surface area contributed by atoms with Crippen LogP contribution in [0.4, 0.5) is 32.3 Å². The van der Waals surface area contributed by atoms with Gasteiger partial charge < -0.3 is 9.88 Å². The number of alkyl halides is 4. The Morgan fingerprint density at radius 3 is 2.57 bits per heavy atom. The van der Waals surface area contributed by atoms with Crippen molar-refractivity contribution in [2.45, 2.75) is 32.2 Å². The van der Waals surface area contributed by atoms with Crippen molar-refractivity contribution >= 4 is 28.5 Å². The summed E-state index contributed by atoms with van der Waals surface area (Å²) in [6.45, 7) is 0.0756. The van der Waals surface area contributed by atoms with E-state index >= 15 is 4.39 Å². The summed E-state index contributed by atoms with van der Waals surface area (Å²) >= 11 is 6.15. The number of aromatic nitrogens is 4. The van der Waals surface area contributed by atoms with Gasteiger partial charge in [0.05, 0.1) is 0 Å². The van der Waals surface area contributed by atoms with E-state index in [4.69, 9.17) is 11.6 Å². The smallest absolute Gasteiger partial charge is 0.356 e. The number of hydrogen-bond donors (Lipinski definition) is 1. The molecule has 0 fully saturated rings. The van der Waals surface area contributed by atoms with Gasteiger partial charge in [-0.15, -0.1) is 0 Å². The van der Waals surface area contributed by atoms with Crippen molar-refractivity contribution in [3.05, 3.63) is 81.0 Å². The molecule has 0 aliphatic carbocycles. The summed E-state index contributed by atoms with van der Waals surface area (Å²) in [6, 6.07) is 6.70. The molecule has 0 saturated heterocycles. The summed E-state index contributed by atoms with van der Waals surface area (Å²) in [5.74, 6) is -5.01. The van der Waals surface area contributed by atoms with Gasteiger partial charge in [-0.25, -0.2) is 18.2 Å². The number of nitrogens with zero attached hydrogens (tertiary/aromatic N) is 4. The van der Waals surface area contributed by atoms with Gasteiger partial charge in [0.25, 0.3) is 0 Å². The van der Waals surface area contributed by atoms with Crippen LogP contribution in [0.15, 0.2) is 30.3 Å². The highest BCUT2D eigenvalue weighted by molar-refractivity contribution is 6.31. The third kappa shape index (κ3) is 3.97. The first kappa shape index (κ1) is 23.4. The number of halogens is 7. The molecule has 4 aromatic rings. The fraction of sp³-hybridized carbons (Fsp3) is 0.261. The molecule has 0 unspecified atom stereocenters. The number of hydrogen-bond acceptors (Lipinski definition) is 4.